The number of nitrogens with one attached hydrogen (secondary N) is 1. The number of amides is 1. The summed E-state index contributed by atoms with van der Waals surface area (Å²) >= 11 is 0. The van der Waals surface area contributed by atoms with Crippen molar-refractivity contribution in [3.63, 3.8) is 0 Å². The van der Waals surface area contributed by atoms with E-state index in [0.29, 0.717) is 0 Å². The van der Waals surface area contributed by atoms with Crippen LogP contribution in [0.1, 0.15) is 6.92 Å². The minimum absolute atomic E-state index is 0.805. The molecule has 5 fully saturated rings. The van der Waals surface area contributed by atoms with Gasteiger partial charge in [-0.2, -0.15) is 0 Å². The van der Waals surface area contributed by atoms with E-state index in [1.165, 1.54) is 0 Å². The lowest BCUT2D eigenvalue weighted by atomic mass is 9.94. The summed E-state index contributed by atoms with van der Waals surface area (Å²) < 4.78 is 50.1. The van der Waals surface area contributed by atoms with Gasteiger partial charge in [-0.15, -0.1) is 0 Å². The molecule has 5 heterocycles. The maximum Gasteiger partial charge on any atom is 0.217 e. The third-order valence-electron chi connectivity index (χ3n) is 10.7. The summed E-state index contributed by atoms with van der Waals surface area (Å²) in [6.45, 7) is -3.58. The summed E-state index contributed by atoms with van der Waals surface area (Å²) in [4.78, 5) is 12.4. The predicted octanol–water partition coefficient (Wildman–Crippen LogP) is -11.8. The van der Waals surface area contributed by atoms with Crippen molar-refractivity contribution in [2.45, 2.75) is 160 Å². The van der Waals surface area contributed by atoms with Crippen LogP contribution in [0.2, 0.25) is 0 Å². The Morgan fingerprint density at radius 3 is 1.29 bits per heavy atom. The smallest absolute Gasteiger partial charge is 0.217 e. The topological polar surface area (TPSA) is 436 Å². The minimum atomic E-state index is -2.15. The highest BCUT2D eigenvalue weighted by Crippen LogP contribution is 2.35. The standard InChI is InChI=1S/C32H55NO26/c1-7(39)33-13-26(58-30-21(47)17(43)14(40)8(2-34)53-30)15(41)9(3-35)52-29(13)59-27-16(42)10(4-36)54-32(23(27)49)57-25-12(6-38)55-31(22(48)19(25)45)56-24-11(5-37)51-28(50)20(46)18(24)44/h8-32,34-38,40-50H,2-6H2,1H3,(H,33,39). The monoisotopic (exact) mass is 869 g/mol. The quantitative estimate of drug-likeness (QED) is 0.0770. The van der Waals surface area contributed by atoms with Gasteiger partial charge in [-0.1, -0.05) is 0 Å². The number of aliphatic hydroxyl groups is 16. The van der Waals surface area contributed by atoms with Crippen molar-refractivity contribution in [2.75, 3.05) is 33.0 Å². The predicted molar refractivity (Wildman–Crippen MR) is 178 cm³/mol. The summed E-state index contributed by atoms with van der Waals surface area (Å²) in [5.41, 5.74) is 0. The first-order chi connectivity index (χ1) is 27.9. The zero-order chi connectivity index (χ0) is 43.6. The van der Waals surface area contributed by atoms with Crippen LogP contribution in [0.5, 0.6) is 0 Å². The van der Waals surface area contributed by atoms with E-state index in [1.807, 2.05) is 0 Å². The van der Waals surface area contributed by atoms with Gasteiger partial charge in [0.1, 0.15) is 122 Å². The van der Waals surface area contributed by atoms with Crippen LogP contribution in [0, 0.1) is 0 Å². The molecule has 0 bridgehead atoms. The van der Waals surface area contributed by atoms with Crippen molar-refractivity contribution >= 4 is 5.91 Å². The molecule has 17 N–H and O–H groups in total. The highest BCUT2D eigenvalue weighted by molar-refractivity contribution is 5.73. The Bertz CT molecular complexity index is 1320. The van der Waals surface area contributed by atoms with Crippen molar-refractivity contribution in [2.24, 2.45) is 0 Å². The van der Waals surface area contributed by atoms with E-state index in [0.717, 1.165) is 6.92 Å². The maximum atomic E-state index is 12.4. The van der Waals surface area contributed by atoms with Gasteiger partial charge in [-0.3, -0.25) is 4.79 Å². The zero-order valence-corrected chi connectivity index (χ0v) is 31.2. The van der Waals surface area contributed by atoms with E-state index < -0.39 is 192 Å². The second-order valence-electron chi connectivity index (χ2n) is 14.7. The molecule has 5 rings (SSSR count). The van der Waals surface area contributed by atoms with Crippen LogP contribution >= 0.6 is 0 Å². The van der Waals surface area contributed by atoms with Gasteiger partial charge in [0.05, 0.1) is 33.0 Å². The van der Waals surface area contributed by atoms with Gasteiger partial charge in [-0.25, -0.2) is 0 Å². The Balaban J connectivity index is 1.35. The number of rotatable bonds is 14. The van der Waals surface area contributed by atoms with E-state index in [-0.39, 0.29) is 0 Å². The third kappa shape index (κ3) is 10.2. The number of ether oxygens (including phenoxy) is 9. The van der Waals surface area contributed by atoms with Gasteiger partial charge in [0, 0.05) is 6.92 Å². The SMILES string of the molecule is CC(=O)NC1C(OC2C(O)C(CO)OC(OC3C(CO)OC(OC4C(CO)OC(O)C(O)C4O)C(O)C3O)C2O)OC(CO)C(O)C1OC1OC(CO)C(O)C(O)C1O. The number of carbonyl (C=O) groups is 1. The Morgan fingerprint density at radius 2 is 0.780 bits per heavy atom. The van der Waals surface area contributed by atoms with Gasteiger partial charge >= 0.3 is 0 Å². The van der Waals surface area contributed by atoms with Gasteiger partial charge in [0.25, 0.3) is 0 Å². The van der Waals surface area contributed by atoms with E-state index in [1.54, 1.807) is 0 Å². The van der Waals surface area contributed by atoms with Gasteiger partial charge < -0.3 is 130 Å². The highest BCUT2D eigenvalue weighted by Gasteiger charge is 2.57. The molecule has 0 aromatic heterocycles. The van der Waals surface area contributed by atoms with Crippen LogP contribution in [-0.2, 0) is 47.4 Å². The van der Waals surface area contributed by atoms with E-state index in [9.17, 15) is 86.5 Å². The molecule has 25 unspecified atom stereocenters. The molecule has 0 radical (unpaired) electrons. The maximum absolute atomic E-state index is 12.4. The largest absolute Gasteiger partial charge is 0.394 e. The molecule has 0 aromatic rings. The second kappa shape index (κ2) is 20.8. The van der Waals surface area contributed by atoms with Crippen molar-refractivity contribution in [3.05, 3.63) is 0 Å². The molecule has 27 heteroatoms. The Morgan fingerprint density at radius 1 is 0.407 bits per heavy atom. The molecule has 59 heavy (non-hydrogen) atoms. The van der Waals surface area contributed by atoms with Crippen LogP contribution in [0.15, 0.2) is 0 Å². The van der Waals surface area contributed by atoms with Crippen molar-refractivity contribution in [1.82, 2.24) is 5.32 Å². The summed E-state index contributed by atoms with van der Waals surface area (Å²) in [7, 11) is 0. The molecule has 27 nitrogen and oxygen atoms in total. The molecule has 344 valence electrons. The number of aliphatic hydroxyl groups excluding tert-OH is 16. The van der Waals surface area contributed by atoms with Crippen LogP contribution < -0.4 is 5.32 Å². The van der Waals surface area contributed by atoms with Crippen LogP contribution in [0.25, 0.3) is 0 Å². The summed E-state index contributed by atoms with van der Waals surface area (Å²) in [6, 6.07) is -1.67. The molecule has 0 aromatic carbocycles. The third-order valence-corrected chi connectivity index (χ3v) is 10.7. The van der Waals surface area contributed by atoms with Gasteiger partial charge in [0.2, 0.25) is 5.91 Å². The lowest BCUT2D eigenvalue weighted by Crippen LogP contribution is -2.70. The zero-order valence-electron chi connectivity index (χ0n) is 31.2. The van der Waals surface area contributed by atoms with E-state index in [4.69, 9.17) is 42.6 Å². The molecular formula is C32H55NO26. The molecule has 25 atom stereocenters. The molecule has 1 amide bonds. The molecule has 0 aliphatic carbocycles. The Labute approximate surface area is 333 Å². The summed E-state index contributed by atoms with van der Waals surface area (Å²) in [6.07, 6.45) is -44.4. The summed E-state index contributed by atoms with van der Waals surface area (Å²) in [5.74, 6) is -0.805. The molecule has 5 aliphatic heterocycles. The van der Waals surface area contributed by atoms with Crippen LogP contribution in [0.3, 0.4) is 0 Å². The fourth-order valence-corrected chi connectivity index (χ4v) is 7.43. The number of carbonyl (C=O) groups excluding carboxylic acids is 1. The first-order valence-electron chi connectivity index (χ1n) is 18.6. The Kier molecular flexibility index (Phi) is 17.1. The fourth-order valence-electron chi connectivity index (χ4n) is 7.43. The van der Waals surface area contributed by atoms with Crippen LogP contribution in [-0.4, -0.2) is 274 Å². The second-order valence-corrected chi connectivity index (χ2v) is 14.7. The first kappa shape index (κ1) is 48.5. The minimum Gasteiger partial charge on any atom is -0.394 e. The number of hydrogen-bond donors (Lipinski definition) is 17. The summed E-state index contributed by atoms with van der Waals surface area (Å²) in [5, 5.41) is 169. The van der Waals surface area contributed by atoms with Crippen molar-refractivity contribution in [3.8, 4) is 0 Å². The Hall–Kier alpha value is -1.53. The fraction of sp³-hybridized carbons (Fsp3) is 0.969. The average molecular weight is 870 g/mol. The van der Waals surface area contributed by atoms with E-state index >= 15 is 0 Å². The molecule has 5 saturated heterocycles. The van der Waals surface area contributed by atoms with Gasteiger partial charge in [0.15, 0.2) is 31.5 Å². The molecule has 0 saturated carbocycles. The molecule has 0 spiro atoms. The van der Waals surface area contributed by atoms with Crippen molar-refractivity contribution < 1.29 is 129 Å². The molecular weight excluding hydrogens is 814 g/mol. The average Bonchev–Trinajstić information content (AvgIpc) is 3.21. The molecule has 5 aliphatic rings. The highest BCUT2D eigenvalue weighted by atomic mass is 16.8. The van der Waals surface area contributed by atoms with E-state index in [2.05, 4.69) is 5.32 Å². The van der Waals surface area contributed by atoms with Gasteiger partial charge in [-0.05, 0) is 0 Å². The number of hydrogen-bond acceptors (Lipinski definition) is 26. The van der Waals surface area contributed by atoms with Crippen molar-refractivity contribution in [1.29, 1.82) is 0 Å². The van der Waals surface area contributed by atoms with Crippen LogP contribution in [0.4, 0.5) is 0 Å². The lowest BCUT2D eigenvalue weighted by Gasteiger charge is -2.50. The lowest BCUT2D eigenvalue weighted by molar-refractivity contribution is -0.388. The normalized spacial score (nSPS) is 51.0. The first-order valence-corrected chi connectivity index (χ1v) is 18.6.